The van der Waals surface area contributed by atoms with E-state index in [0.717, 1.165) is 16.5 Å². The minimum absolute atomic E-state index is 0.234. The molecule has 8 heteroatoms. The molecule has 0 radical (unpaired) electrons. The molecular weight excluding hydrogens is 857 g/mol. The van der Waals surface area contributed by atoms with E-state index in [2.05, 4.69) is 78.2 Å². The number of ether oxygens (including phenoxy) is 2. The number of nitrogens with zero attached hydrogens (tertiary/aromatic N) is 1. The summed E-state index contributed by atoms with van der Waals surface area (Å²) in [6.07, 6.45) is 14.0. The van der Waals surface area contributed by atoms with Crippen molar-refractivity contribution in [1.82, 2.24) is 4.57 Å². The van der Waals surface area contributed by atoms with Crippen molar-refractivity contribution in [2.45, 2.75) is 129 Å². The molecule has 0 unspecified atom stereocenters. The van der Waals surface area contributed by atoms with E-state index in [-0.39, 0.29) is 11.9 Å². The number of allylic oxidation sites excluding steroid dienone is 2. The minimum Gasteiger partial charge on any atom is -0.456 e. The van der Waals surface area contributed by atoms with Crippen LogP contribution in [0.2, 0.25) is 0 Å². The Morgan fingerprint density at radius 2 is 1.22 bits per heavy atom. The van der Waals surface area contributed by atoms with Gasteiger partial charge in [-0.15, -0.1) is 0 Å². The van der Waals surface area contributed by atoms with Crippen molar-refractivity contribution in [2.75, 3.05) is 4.93 Å². The van der Waals surface area contributed by atoms with Gasteiger partial charge in [-0.05, 0) is 146 Å². The standard InChI is InChI=1S/C20H26BrNO2.C20H25BrO2.CH3I/c1-20(2,3)24-19(23)14-10-11-15-16(12-14)22(4)18(21)17(15)13-8-6-5-7-9-13;1-20(2,3)23-19(22)14-9-10-16-15(11-14)12-17(21)18(16)13-7-5-4-6-8-13;1-2/h10-13H,5-9H2,1-4H3;9-11,13H,4-8,12H2,1-3H3;1H3. The van der Waals surface area contributed by atoms with E-state index in [9.17, 15) is 9.59 Å². The Kier molecular flexibility index (Phi) is 14.1. The zero-order valence-corrected chi connectivity index (χ0v) is 35.9. The summed E-state index contributed by atoms with van der Waals surface area (Å²) in [5.74, 6) is 0.791. The lowest BCUT2D eigenvalue weighted by Crippen LogP contribution is -2.24. The Morgan fingerprint density at radius 3 is 1.76 bits per heavy atom. The number of hydrogen-bond acceptors (Lipinski definition) is 4. The lowest BCUT2D eigenvalue weighted by Gasteiger charge is -2.24. The number of rotatable bonds is 4. The highest BCUT2D eigenvalue weighted by Gasteiger charge is 2.29. The third-order valence-electron chi connectivity index (χ3n) is 9.50. The van der Waals surface area contributed by atoms with Gasteiger partial charge in [-0.1, -0.05) is 89.2 Å². The molecule has 2 saturated carbocycles. The Balaban J connectivity index is 0.000000210. The van der Waals surface area contributed by atoms with Crippen molar-refractivity contribution < 1.29 is 19.1 Å². The highest BCUT2D eigenvalue weighted by Crippen LogP contribution is 2.46. The van der Waals surface area contributed by atoms with Gasteiger partial charge in [0.05, 0.1) is 15.7 Å². The summed E-state index contributed by atoms with van der Waals surface area (Å²) in [7, 11) is 2.05. The van der Waals surface area contributed by atoms with E-state index in [4.69, 9.17) is 9.47 Å². The molecule has 2 fully saturated rings. The van der Waals surface area contributed by atoms with Gasteiger partial charge in [0.1, 0.15) is 11.2 Å². The summed E-state index contributed by atoms with van der Waals surface area (Å²) in [6, 6.07) is 12.0. The van der Waals surface area contributed by atoms with Crippen molar-refractivity contribution in [3.8, 4) is 0 Å². The first-order valence-corrected chi connectivity index (χ1v) is 21.5. The maximum absolute atomic E-state index is 12.4. The van der Waals surface area contributed by atoms with Crippen molar-refractivity contribution in [1.29, 1.82) is 0 Å². The number of aryl methyl sites for hydroxylation is 1. The molecule has 3 aromatic rings. The fourth-order valence-electron chi connectivity index (χ4n) is 7.39. The number of fused-ring (bicyclic) bond motifs is 2. The van der Waals surface area contributed by atoms with Crippen molar-refractivity contribution in [3.63, 3.8) is 0 Å². The van der Waals surface area contributed by atoms with E-state index in [1.807, 2.05) is 70.7 Å². The molecule has 0 atom stereocenters. The molecule has 0 aliphatic heterocycles. The maximum Gasteiger partial charge on any atom is 0.338 e. The molecule has 0 N–H and O–H groups in total. The Morgan fingerprint density at radius 1 is 0.735 bits per heavy atom. The summed E-state index contributed by atoms with van der Waals surface area (Å²) in [4.78, 5) is 26.6. The van der Waals surface area contributed by atoms with Crippen LogP contribution in [0, 0.1) is 5.92 Å². The highest BCUT2D eigenvalue weighted by molar-refractivity contribution is 14.1. The number of benzene rings is 2. The maximum atomic E-state index is 12.4. The van der Waals surface area contributed by atoms with Gasteiger partial charge in [0.2, 0.25) is 0 Å². The fourth-order valence-corrected chi connectivity index (χ4v) is 8.95. The Hall–Kier alpha value is -1.65. The predicted molar refractivity (Wildman–Crippen MR) is 219 cm³/mol. The van der Waals surface area contributed by atoms with Crippen LogP contribution in [-0.4, -0.2) is 32.6 Å². The second kappa shape index (κ2) is 17.2. The number of carbonyl (C=O) groups is 2. The number of carbonyl (C=O) groups excluding carboxylic acids is 2. The van der Waals surface area contributed by atoms with Crippen LogP contribution in [0.3, 0.4) is 0 Å². The van der Waals surface area contributed by atoms with Gasteiger partial charge >= 0.3 is 11.9 Å². The van der Waals surface area contributed by atoms with E-state index in [0.29, 0.717) is 23.0 Å². The van der Waals surface area contributed by atoms with Gasteiger partial charge in [-0.25, -0.2) is 9.59 Å². The summed E-state index contributed by atoms with van der Waals surface area (Å²) in [6.45, 7) is 11.4. The number of halogens is 3. The zero-order valence-electron chi connectivity index (χ0n) is 30.6. The Labute approximate surface area is 324 Å². The van der Waals surface area contributed by atoms with Crippen LogP contribution in [-0.2, 0) is 22.9 Å². The van der Waals surface area contributed by atoms with E-state index < -0.39 is 11.2 Å². The third kappa shape index (κ3) is 10.2. The molecule has 6 rings (SSSR count). The molecular formula is C41H54Br2INO4. The average molecular weight is 912 g/mol. The molecule has 268 valence electrons. The molecule has 2 aromatic carbocycles. The third-order valence-corrected chi connectivity index (χ3v) is 11.2. The lowest BCUT2D eigenvalue weighted by molar-refractivity contribution is 0.00570. The monoisotopic (exact) mass is 909 g/mol. The highest BCUT2D eigenvalue weighted by atomic mass is 127. The number of hydrogen-bond donors (Lipinski definition) is 0. The van der Waals surface area contributed by atoms with Crippen LogP contribution in [0.5, 0.6) is 0 Å². The summed E-state index contributed by atoms with van der Waals surface area (Å²) in [5, 5.41) is 1.25. The van der Waals surface area contributed by atoms with Gasteiger partial charge in [-0.3, -0.25) is 0 Å². The van der Waals surface area contributed by atoms with Crippen LogP contribution in [0.4, 0.5) is 0 Å². The molecule has 5 nitrogen and oxygen atoms in total. The summed E-state index contributed by atoms with van der Waals surface area (Å²) in [5.41, 5.74) is 6.89. The molecule has 0 amide bonds. The molecule has 49 heavy (non-hydrogen) atoms. The lowest BCUT2D eigenvalue weighted by atomic mass is 9.81. The quantitative estimate of drug-likeness (QED) is 0.149. The SMILES string of the molecule is CC(C)(C)OC(=O)c1ccc2c(c1)CC(Br)=C2C1CCCCC1.CI.Cn1c(Br)c(C2CCCCC2)c2ccc(C(=O)OC(C)(C)C)cc21. The molecule has 0 saturated heterocycles. The molecule has 3 aliphatic carbocycles. The smallest absolute Gasteiger partial charge is 0.338 e. The second-order valence-electron chi connectivity index (χ2n) is 15.5. The van der Waals surface area contributed by atoms with Crippen molar-refractivity contribution in [2.24, 2.45) is 13.0 Å². The van der Waals surface area contributed by atoms with E-state index in [1.165, 1.54) is 96.3 Å². The average Bonchev–Trinajstić information content (AvgIpc) is 3.52. The number of aromatic nitrogens is 1. The summed E-state index contributed by atoms with van der Waals surface area (Å²) >= 11 is 9.73. The first-order chi connectivity index (χ1) is 23.1. The number of esters is 2. The van der Waals surface area contributed by atoms with Gasteiger partial charge in [0, 0.05) is 28.9 Å². The second-order valence-corrected chi connectivity index (χ2v) is 17.2. The molecule has 1 aromatic heterocycles. The molecule has 1 heterocycles. The molecule has 0 bridgehead atoms. The van der Waals surface area contributed by atoms with E-state index in [1.54, 1.807) is 0 Å². The van der Waals surface area contributed by atoms with Crippen molar-refractivity contribution in [3.05, 3.63) is 73.3 Å². The van der Waals surface area contributed by atoms with Crippen LogP contribution in [0.1, 0.15) is 149 Å². The Bertz CT molecular complexity index is 1670. The van der Waals surface area contributed by atoms with Gasteiger partial charge in [0.15, 0.2) is 0 Å². The topological polar surface area (TPSA) is 57.5 Å². The first-order valence-electron chi connectivity index (χ1n) is 17.8. The largest absolute Gasteiger partial charge is 0.456 e. The minimum atomic E-state index is -0.478. The van der Waals surface area contributed by atoms with Crippen LogP contribution >= 0.6 is 54.5 Å². The van der Waals surface area contributed by atoms with Crippen LogP contribution in [0.25, 0.3) is 16.5 Å². The first kappa shape index (κ1) is 40.1. The molecule has 0 spiro atoms. The van der Waals surface area contributed by atoms with Crippen LogP contribution < -0.4 is 0 Å². The zero-order chi connectivity index (χ0) is 36.1. The fraction of sp³-hybridized carbons (Fsp3) is 0.561. The van der Waals surface area contributed by atoms with Gasteiger partial charge < -0.3 is 14.0 Å². The predicted octanol–water partition coefficient (Wildman–Crippen LogP) is 12.9. The van der Waals surface area contributed by atoms with E-state index >= 15 is 0 Å². The van der Waals surface area contributed by atoms with Crippen LogP contribution in [0.15, 0.2) is 45.5 Å². The molecule has 3 aliphatic rings. The number of alkyl halides is 1. The van der Waals surface area contributed by atoms with Gasteiger partial charge in [0.25, 0.3) is 0 Å². The normalized spacial score (nSPS) is 17.1. The van der Waals surface area contributed by atoms with Crippen molar-refractivity contribution >= 4 is 82.9 Å². The van der Waals surface area contributed by atoms with Gasteiger partial charge in [-0.2, -0.15) is 0 Å². The summed E-state index contributed by atoms with van der Waals surface area (Å²) < 4.78 is 15.6.